The predicted molar refractivity (Wildman–Crippen MR) is 175 cm³/mol. The number of hydrogen-bond donors (Lipinski definition) is 4. The molecule has 0 bridgehead atoms. The van der Waals surface area contributed by atoms with E-state index in [2.05, 4.69) is 15.2 Å². The van der Waals surface area contributed by atoms with Crippen LogP contribution in [-0.2, 0) is 38.5 Å². The van der Waals surface area contributed by atoms with Gasteiger partial charge in [-0.3, -0.25) is 14.1 Å². The van der Waals surface area contributed by atoms with Crippen molar-refractivity contribution >= 4 is 31.0 Å². The van der Waals surface area contributed by atoms with Gasteiger partial charge in [-0.1, -0.05) is 45.9 Å². The standard InChI is InChI=1S/C32H45FN5O10P/c1-20(2)13-15-44-26(39)17-23(30(42)45-16-14-21(3)4)37-49(43,47-22-9-7-6-8-10-22)46-18-32(33)28(41)27(40)31(5,48-32)25-12-11-24-29(34)35-19-36-38(24)25/h6-12,19-21,23,27-28,40-41H,13-18H2,1-5H3,(H,37,43)(H2,34,35,36)/t23-,27+,28-,31-,32+,49?/m0/s1. The lowest BCUT2D eigenvalue weighted by atomic mass is 9.93. The Bertz CT molecular complexity index is 1630. The quantitative estimate of drug-likeness (QED) is 0.117. The predicted octanol–water partition coefficient (Wildman–Crippen LogP) is 3.68. The maximum atomic E-state index is 16.6. The number of ether oxygens (including phenoxy) is 3. The van der Waals surface area contributed by atoms with Crippen LogP contribution in [0.25, 0.3) is 5.52 Å². The number of nitrogen functional groups attached to an aromatic ring is 1. The van der Waals surface area contributed by atoms with Crippen LogP contribution < -0.4 is 15.3 Å². The first-order valence-electron chi connectivity index (χ1n) is 16.0. The molecular formula is C32H45FN5O10P. The summed E-state index contributed by atoms with van der Waals surface area (Å²) in [6.45, 7) is 7.94. The van der Waals surface area contributed by atoms with Crippen LogP contribution in [0, 0.1) is 11.8 Å². The van der Waals surface area contributed by atoms with Gasteiger partial charge in [-0.05, 0) is 55.9 Å². The summed E-state index contributed by atoms with van der Waals surface area (Å²) >= 11 is 0. The van der Waals surface area contributed by atoms with Crippen molar-refractivity contribution in [2.45, 2.75) is 83.6 Å². The lowest BCUT2D eigenvalue weighted by Crippen LogP contribution is -2.45. The van der Waals surface area contributed by atoms with Crippen LogP contribution in [0.1, 0.15) is 59.6 Å². The van der Waals surface area contributed by atoms with Crippen molar-refractivity contribution < 1.29 is 52.0 Å². The molecule has 1 saturated heterocycles. The van der Waals surface area contributed by atoms with Crippen molar-refractivity contribution in [2.24, 2.45) is 11.8 Å². The Balaban J connectivity index is 1.60. The van der Waals surface area contributed by atoms with Gasteiger partial charge in [0.05, 0.1) is 25.3 Å². The second-order valence-corrected chi connectivity index (χ2v) is 14.6. The van der Waals surface area contributed by atoms with Crippen LogP contribution in [0.2, 0.25) is 0 Å². The van der Waals surface area contributed by atoms with Gasteiger partial charge in [-0.15, -0.1) is 0 Å². The summed E-state index contributed by atoms with van der Waals surface area (Å²) in [5.41, 5.74) is 4.48. The van der Waals surface area contributed by atoms with Gasteiger partial charge in [-0.2, -0.15) is 10.2 Å². The molecule has 15 nitrogen and oxygen atoms in total. The Hall–Kier alpha value is -3.66. The van der Waals surface area contributed by atoms with E-state index in [0.29, 0.717) is 18.4 Å². The molecule has 49 heavy (non-hydrogen) atoms. The Morgan fingerprint density at radius 1 is 1.06 bits per heavy atom. The second kappa shape index (κ2) is 15.9. The maximum Gasteiger partial charge on any atom is 0.459 e. The zero-order chi connectivity index (χ0) is 36.0. The molecule has 6 atom stereocenters. The van der Waals surface area contributed by atoms with E-state index in [1.165, 1.54) is 35.7 Å². The summed E-state index contributed by atoms with van der Waals surface area (Å²) in [7, 11) is -4.80. The number of nitrogens with one attached hydrogen (secondary N) is 1. The van der Waals surface area contributed by atoms with E-state index in [1.54, 1.807) is 18.2 Å². The summed E-state index contributed by atoms with van der Waals surface area (Å²) in [5.74, 6) is -4.34. The molecule has 1 aliphatic rings. The number of halogens is 1. The van der Waals surface area contributed by atoms with Crippen LogP contribution in [0.3, 0.4) is 0 Å². The average Bonchev–Trinajstić information content (AvgIpc) is 3.55. The summed E-state index contributed by atoms with van der Waals surface area (Å²) in [6, 6.07) is 9.09. The number of anilines is 1. The number of fused-ring (bicyclic) bond motifs is 1. The molecule has 5 N–H and O–H groups in total. The number of aliphatic hydroxyl groups excluding tert-OH is 2. The molecule has 0 radical (unpaired) electrons. The molecule has 3 heterocycles. The van der Waals surface area contributed by atoms with Crippen LogP contribution >= 0.6 is 7.75 Å². The largest absolute Gasteiger partial charge is 0.466 e. The van der Waals surface area contributed by atoms with Gasteiger partial charge in [0.25, 0.3) is 5.85 Å². The summed E-state index contributed by atoms with van der Waals surface area (Å²) in [4.78, 5) is 29.9. The fourth-order valence-corrected chi connectivity index (χ4v) is 6.55. The number of rotatable bonds is 17. The third-order valence-electron chi connectivity index (χ3n) is 7.94. The minimum absolute atomic E-state index is 0.00682. The minimum atomic E-state index is -4.80. The number of aliphatic hydroxyl groups is 2. The van der Waals surface area contributed by atoms with Crippen molar-refractivity contribution in [3.63, 3.8) is 0 Å². The second-order valence-electron chi connectivity index (χ2n) is 12.9. The van der Waals surface area contributed by atoms with E-state index in [4.69, 9.17) is 29.0 Å². The monoisotopic (exact) mass is 709 g/mol. The van der Waals surface area contributed by atoms with Gasteiger partial charge in [0.15, 0.2) is 5.82 Å². The van der Waals surface area contributed by atoms with Crippen molar-refractivity contribution in [1.29, 1.82) is 0 Å². The number of hydrogen-bond acceptors (Lipinski definition) is 13. The molecule has 0 amide bonds. The van der Waals surface area contributed by atoms with E-state index in [1.807, 2.05) is 27.7 Å². The molecule has 1 unspecified atom stereocenters. The number of nitrogens with zero attached hydrogens (tertiary/aromatic N) is 3. The topological polar surface area (TPSA) is 206 Å². The molecule has 0 saturated carbocycles. The van der Waals surface area contributed by atoms with E-state index in [0.717, 1.165) is 6.33 Å². The number of nitrogens with two attached hydrogens (primary N) is 1. The number of para-hydroxylation sites is 1. The van der Waals surface area contributed by atoms with E-state index in [9.17, 15) is 24.4 Å². The third kappa shape index (κ3) is 9.32. The molecule has 2 aromatic heterocycles. The Morgan fingerprint density at radius 3 is 2.37 bits per heavy atom. The highest BCUT2D eigenvalue weighted by Crippen LogP contribution is 2.51. The summed E-state index contributed by atoms with van der Waals surface area (Å²) in [5, 5.41) is 28.5. The fraction of sp³-hybridized carbons (Fsp3) is 0.562. The molecular weight excluding hydrogens is 664 g/mol. The Labute approximate surface area is 283 Å². The van der Waals surface area contributed by atoms with Gasteiger partial charge in [-0.25, -0.2) is 18.5 Å². The zero-order valence-electron chi connectivity index (χ0n) is 28.2. The van der Waals surface area contributed by atoms with E-state index >= 15 is 4.39 Å². The minimum Gasteiger partial charge on any atom is -0.466 e. The number of benzene rings is 1. The SMILES string of the molecule is CC(C)CCOC(=O)C[C@H](NP(=O)(OC[C@@]1(F)O[C@@](C)(c2ccc3c(N)ncnn23)[C@H](O)[C@@H]1O)Oc1ccccc1)C(=O)OCCC(C)C. The lowest BCUT2D eigenvalue weighted by Gasteiger charge is -2.29. The summed E-state index contributed by atoms with van der Waals surface area (Å²) < 4.78 is 59.6. The van der Waals surface area contributed by atoms with Gasteiger partial charge >= 0.3 is 19.7 Å². The first-order valence-corrected chi connectivity index (χ1v) is 17.5. The van der Waals surface area contributed by atoms with E-state index < -0.39 is 62.4 Å². The lowest BCUT2D eigenvalue weighted by molar-refractivity contribution is -0.217. The fourth-order valence-electron chi connectivity index (χ4n) is 5.04. The highest BCUT2D eigenvalue weighted by molar-refractivity contribution is 7.52. The summed E-state index contributed by atoms with van der Waals surface area (Å²) in [6.07, 6.45) is -2.46. The molecule has 1 fully saturated rings. The highest BCUT2D eigenvalue weighted by Gasteiger charge is 2.63. The molecule has 0 spiro atoms. The smallest absolute Gasteiger partial charge is 0.459 e. The molecule has 3 aromatic rings. The molecule has 0 aliphatic carbocycles. The van der Waals surface area contributed by atoms with E-state index in [-0.39, 0.29) is 42.3 Å². The first kappa shape index (κ1) is 38.1. The van der Waals surface area contributed by atoms with Crippen LogP contribution in [0.5, 0.6) is 5.75 Å². The van der Waals surface area contributed by atoms with Gasteiger partial charge in [0.1, 0.15) is 48.1 Å². The van der Waals surface area contributed by atoms with Gasteiger partial charge in [0.2, 0.25) is 0 Å². The number of alkyl halides is 1. The van der Waals surface area contributed by atoms with Crippen LogP contribution in [0.4, 0.5) is 10.2 Å². The van der Waals surface area contributed by atoms with Crippen molar-refractivity contribution in [3.8, 4) is 5.75 Å². The van der Waals surface area contributed by atoms with Crippen LogP contribution in [-0.4, -0.2) is 80.7 Å². The van der Waals surface area contributed by atoms with Crippen LogP contribution in [0.15, 0.2) is 48.8 Å². The number of carbonyl (C=O) groups excluding carboxylic acids is 2. The normalized spacial score (nSPS) is 24.2. The van der Waals surface area contributed by atoms with Crippen molar-refractivity contribution in [1.82, 2.24) is 19.7 Å². The number of aromatic nitrogens is 3. The van der Waals surface area contributed by atoms with Crippen molar-refractivity contribution in [3.05, 3.63) is 54.5 Å². The number of carbonyl (C=O) groups is 2. The zero-order valence-corrected chi connectivity index (χ0v) is 29.0. The molecule has 1 aliphatic heterocycles. The van der Waals surface area contributed by atoms with Gasteiger partial charge in [0, 0.05) is 0 Å². The van der Waals surface area contributed by atoms with Gasteiger partial charge < -0.3 is 34.7 Å². The number of esters is 2. The molecule has 4 rings (SSSR count). The van der Waals surface area contributed by atoms with Crippen molar-refractivity contribution in [2.75, 3.05) is 25.6 Å². The molecule has 270 valence electrons. The highest BCUT2D eigenvalue weighted by atomic mass is 31.2. The first-order chi connectivity index (χ1) is 23.1. The third-order valence-corrected chi connectivity index (χ3v) is 9.49. The Kier molecular flexibility index (Phi) is 12.4. The average molecular weight is 710 g/mol. The molecule has 1 aromatic carbocycles. The maximum absolute atomic E-state index is 16.6. The Morgan fingerprint density at radius 2 is 1.71 bits per heavy atom. The molecule has 17 heteroatoms.